The van der Waals surface area contributed by atoms with Crippen LogP contribution in [0.4, 0.5) is 0 Å². The third-order valence-electron chi connectivity index (χ3n) is 4.14. The van der Waals surface area contributed by atoms with Crippen LogP contribution in [0.15, 0.2) is 30.6 Å². The van der Waals surface area contributed by atoms with Crippen molar-refractivity contribution in [2.24, 2.45) is 5.73 Å². The number of benzene rings is 1. The van der Waals surface area contributed by atoms with Crippen molar-refractivity contribution in [3.8, 4) is 11.1 Å². The molecule has 1 aromatic carbocycles. The zero-order valence-electron chi connectivity index (χ0n) is 12.3. The molecule has 0 bridgehead atoms. The molecule has 0 aliphatic carbocycles. The molecule has 0 saturated carbocycles. The van der Waals surface area contributed by atoms with Crippen LogP contribution in [-0.4, -0.2) is 23.0 Å². The molecule has 4 nitrogen and oxygen atoms in total. The fourth-order valence-corrected chi connectivity index (χ4v) is 2.84. The summed E-state index contributed by atoms with van der Waals surface area (Å²) in [4.78, 5) is 0. The van der Waals surface area contributed by atoms with Gasteiger partial charge in [0.2, 0.25) is 0 Å². The number of nitrogens with two attached hydrogens (primary N) is 1. The molecule has 1 aliphatic heterocycles. The molecule has 0 radical (unpaired) electrons. The number of hydrogen-bond donors (Lipinski definition) is 1. The molecule has 3 rings (SSSR count). The van der Waals surface area contributed by atoms with E-state index in [0.29, 0.717) is 12.6 Å². The second-order valence-corrected chi connectivity index (χ2v) is 5.35. The van der Waals surface area contributed by atoms with E-state index in [1.165, 1.54) is 22.3 Å². The van der Waals surface area contributed by atoms with Crippen LogP contribution in [0.5, 0.6) is 0 Å². The van der Waals surface area contributed by atoms with E-state index in [1.807, 2.05) is 6.20 Å². The van der Waals surface area contributed by atoms with Crippen LogP contribution in [0.2, 0.25) is 0 Å². The lowest BCUT2D eigenvalue weighted by Gasteiger charge is -2.22. The normalized spacial score (nSPS) is 15.7. The Hall–Kier alpha value is -1.36. The largest absolute Gasteiger partial charge is 0.381 e. The number of aromatic nitrogens is 2. The Balaban J connectivity index is 0.00000161. The predicted molar refractivity (Wildman–Crippen MR) is 86.6 cm³/mol. The minimum atomic E-state index is 0. The number of rotatable bonds is 3. The highest BCUT2D eigenvalue weighted by Crippen LogP contribution is 2.27. The number of hydrogen-bond acceptors (Lipinski definition) is 3. The Morgan fingerprint density at radius 1 is 1.33 bits per heavy atom. The second-order valence-electron chi connectivity index (χ2n) is 5.35. The second kappa shape index (κ2) is 7.07. The quantitative estimate of drug-likeness (QED) is 0.948. The van der Waals surface area contributed by atoms with Gasteiger partial charge in [0.1, 0.15) is 0 Å². The van der Waals surface area contributed by atoms with E-state index >= 15 is 0 Å². The Kier molecular flexibility index (Phi) is 5.39. The summed E-state index contributed by atoms with van der Waals surface area (Å²) in [5, 5.41) is 4.54. The average molecular weight is 308 g/mol. The molecule has 1 fully saturated rings. The molecular formula is C16H22ClN3O. The average Bonchev–Trinajstić information content (AvgIpc) is 2.98. The monoisotopic (exact) mass is 307 g/mol. The highest BCUT2D eigenvalue weighted by molar-refractivity contribution is 5.85. The minimum absolute atomic E-state index is 0. The number of halogens is 1. The summed E-state index contributed by atoms with van der Waals surface area (Å²) in [7, 11) is 0. The summed E-state index contributed by atoms with van der Waals surface area (Å²) >= 11 is 0. The molecule has 2 heterocycles. The smallest absolute Gasteiger partial charge is 0.0568 e. The Morgan fingerprint density at radius 3 is 2.81 bits per heavy atom. The van der Waals surface area contributed by atoms with Crippen molar-refractivity contribution in [3.05, 3.63) is 41.7 Å². The summed E-state index contributed by atoms with van der Waals surface area (Å²) in [5.41, 5.74) is 10.6. The van der Waals surface area contributed by atoms with Gasteiger partial charge in [-0.2, -0.15) is 5.10 Å². The van der Waals surface area contributed by atoms with E-state index in [0.717, 1.165) is 26.1 Å². The van der Waals surface area contributed by atoms with Crippen LogP contribution in [0.3, 0.4) is 0 Å². The van der Waals surface area contributed by atoms with Crippen LogP contribution < -0.4 is 5.73 Å². The Labute approximate surface area is 131 Å². The van der Waals surface area contributed by atoms with Crippen molar-refractivity contribution >= 4 is 12.4 Å². The first-order valence-electron chi connectivity index (χ1n) is 7.20. The molecular weight excluding hydrogens is 286 g/mol. The molecule has 2 N–H and O–H groups in total. The van der Waals surface area contributed by atoms with Crippen molar-refractivity contribution in [1.82, 2.24) is 9.78 Å². The minimum Gasteiger partial charge on any atom is -0.381 e. The van der Waals surface area contributed by atoms with Gasteiger partial charge in [-0.3, -0.25) is 4.68 Å². The van der Waals surface area contributed by atoms with Crippen molar-refractivity contribution in [3.63, 3.8) is 0 Å². The van der Waals surface area contributed by atoms with Crippen LogP contribution in [0.25, 0.3) is 11.1 Å². The van der Waals surface area contributed by atoms with Gasteiger partial charge in [0.25, 0.3) is 0 Å². The predicted octanol–water partition coefficient (Wildman–Crippen LogP) is 3.09. The molecule has 2 aromatic rings. The molecule has 0 unspecified atom stereocenters. The standard InChI is InChI=1S/C16H21N3O.ClH/c1-12-13(9-17)3-2-4-16(12)14-10-18-19(11-14)15-5-7-20-8-6-15;/h2-4,10-11,15H,5-9,17H2,1H3;1H. The van der Waals surface area contributed by atoms with Crippen LogP contribution in [-0.2, 0) is 11.3 Å². The highest BCUT2D eigenvalue weighted by atomic mass is 35.5. The summed E-state index contributed by atoms with van der Waals surface area (Å²) in [6.07, 6.45) is 6.20. The van der Waals surface area contributed by atoms with E-state index in [-0.39, 0.29) is 12.4 Å². The lowest BCUT2D eigenvalue weighted by Crippen LogP contribution is -2.19. The van der Waals surface area contributed by atoms with Crippen molar-refractivity contribution in [1.29, 1.82) is 0 Å². The molecule has 0 spiro atoms. The van der Waals surface area contributed by atoms with Gasteiger partial charge in [0.05, 0.1) is 12.2 Å². The lowest BCUT2D eigenvalue weighted by molar-refractivity contribution is 0.0662. The van der Waals surface area contributed by atoms with Crippen molar-refractivity contribution in [2.75, 3.05) is 13.2 Å². The lowest BCUT2D eigenvalue weighted by atomic mass is 9.98. The van der Waals surface area contributed by atoms with Gasteiger partial charge in [0.15, 0.2) is 0 Å². The number of ether oxygens (including phenoxy) is 1. The van der Waals surface area contributed by atoms with Crippen LogP contribution in [0, 0.1) is 6.92 Å². The van der Waals surface area contributed by atoms with Crippen molar-refractivity contribution in [2.45, 2.75) is 32.4 Å². The third-order valence-corrected chi connectivity index (χ3v) is 4.14. The summed E-state index contributed by atoms with van der Waals surface area (Å²) in [6, 6.07) is 6.76. The summed E-state index contributed by atoms with van der Waals surface area (Å²) < 4.78 is 7.50. The van der Waals surface area contributed by atoms with Crippen molar-refractivity contribution < 1.29 is 4.74 Å². The molecule has 1 aliphatic rings. The zero-order chi connectivity index (χ0) is 13.9. The third kappa shape index (κ3) is 3.28. The molecule has 1 aromatic heterocycles. The Morgan fingerprint density at radius 2 is 2.10 bits per heavy atom. The molecule has 114 valence electrons. The highest BCUT2D eigenvalue weighted by Gasteiger charge is 2.17. The van der Waals surface area contributed by atoms with Gasteiger partial charge in [-0.15, -0.1) is 12.4 Å². The van der Waals surface area contributed by atoms with E-state index < -0.39 is 0 Å². The summed E-state index contributed by atoms with van der Waals surface area (Å²) in [5.74, 6) is 0. The molecule has 0 atom stereocenters. The van der Waals surface area contributed by atoms with Gasteiger partial charge in [-0.1, -0.05) is 18.2 Å². The van der Waals surface area contributed by atoms with Gasteiger partial charge < -0.3 is 10.5 Å². The van der Waals surface area contributed by atoms with Crippen LogP contribution in [0.1, 0.15) is 30.0 Å². The molecule has 5 heteroatoms. The maximum atomic E-state index is 5.79. The van der Waals surface area contributed by atoms with Crippen LogP contribution >= 0.6 is 12.4 Å². The van der Waals surface area contributed by atoms with Gasteiger partial charge in [-0.25, -0.2) is 0 Å². The maximum Gasteiger partial charge on any atom is 0.0568 e. The first-order chi connectivity index (χ1) is 9.79. The van der Waals surface area contributed by atoms with Gasteiger partial charge >= 0.3 is 0 Å². The number of nitrogens with zero attached hydrogens (tertiary/aromatic N) is 2. The first-order valence-corrected chi connectivity index (χ1v) is 7.20. The Bertz CT molecular complexity index is 591. The van der Waals surface area contributed by atoms with Gasteiger partial charge in [-0.05, 0) is 36.5 Å². The summed E-state index contributed by atoms with van der Waals surface area (Å²) in [6.45, 7) is 4.38. The fraction of sp³-hybridized carbons (Fsp3) is 0.438. The van der Waals surface area contributed by atoms with E-state index in [4.69, 9.17) is 10.5 Å². The van der Waals surface area contributed by atoms with E-state index in [1.54, 1.807) is 0 Å². The molecule has 0 amide bonds. The van der Waals surface area contributed by atoms with Gasteiger partial charge in [0, 0.05) is 31.5 Å². The molecule has 1 saturated heterocycles. The topological polar surface area (TPSA) is 53.1 Å². The molecule has 21 heavy (non-hydrogen) atoms. The first kappa shape index (κ1) is 16.0. The van der Waals surface area contributed by atoms with E-state index in [2.05, 4.69) is 41.1 Å². The fourth-order valence-electron chi connectivity index (χ4n) is 2.84. The van der Waals surface area contributed by atoms with E-state index in [9.17, 15) is 0 Å². The zero-order valence-corrected chi connectivity index (χ0v) is 13.1. The maximum absolute atomic E-state index is 5.79. The SMILES string of the molecule is Cc1c(CN)cccc1-c1cnn(C2CCOCC2)c1.Cl.